The number of halogens is 1. The van der Waals surface area contributed by atoms with Gasteiger partial charge in [-0.2, -0.15) is 0 Å². The molecule has 1 aromatic rings. The number of likely N-dealkylation sites (tertiary alicyclic amines) is 1. The highest BCUT2D eigenvalue weighted by molar-refractivity contribution is 5.80. The van der Waals surface area contributed by atoms with Gasteiger partial charge in [-0.05, 0) is 38.0 Å². The Morgan fingerprint density at radius 3 is 2.81 bits per heavy atom. The van der Waals surface area contributed by atoms with Crippen molar-refractivity contribution < 1.29 is 23.8 Å². The van der Waals surface area contributed by atoms with Crippen LogP contribution in [0, 0.1) is 18.7 Å². The summed E-state index contributed by atoms with van der Waals surface area (Å²) in [4.78, 5) is 24.6. The summed E-state index contributed by atoms with van der Waals surface area (Å²) < 4.78 is 18.7. The minimum atomic E-state index is -0.900. The number of rotatable bonds is 4. The number of amides is 1. The molecule has 0 aromatic heterocycles. The number of hydrogen-bond acceptors (Lipinski definition) is 3. The first-order valence-electron chi connectivity index (χ1n) is 6.81. The SMILES string of the molecule is Cc1ccc(F)c(OCC(=O)N2CCC(C(=O)O)C2C)c1. The third kappa shape index (κ3) is 3.32. The molecule has 1 saturated heterocycles. The second-order valence-electron chi connectivity index (χ2n) is 5.28. The Hall–Kier alpha value is -2.11. The van der Waals surface area contributed by atoms with Gasteiger partial charge in [0, 0.05) is 12.6 Å². The molecule has 114 valence electrons. The van der Waals surface area contributed by atoms with Crippen molar-refractivity contribution in [1.29, 1.82) is 0 Å². The van der Waals surface area contributed by atoms with Gasteiger partial charge in [-0.25, -0.2) is 4.39 Å². The van der Waals surface area contributed by atoms with Crippen LogP contribution in [0.2, 0.25) is 0 Å². The van der Waals surface area contributed by atoms with Crippen LogP contribution in [0.1, 0.15) is 18.9 Å². The molecule has 2 unspecified atom stereocenters. The van der Waals surface area contributed by atoms with Crippen molar-refractivity contribution in [1.82, 2.24) is 4.90 Å². The number of carboxylic acid groups (broad SMARTS) is 1. The molecule has 1 aliphatic rings. The highest BCUT2D eigenvalue weighted by Crippen LogP contribution is 2.25. The number of ether oxygens (including phenoxy) is 1. The molecule has 1 fully saturated rings. The van der Waals surface area contributed by atoms with Crippen LogP contribution in [0.25, 0.3) is 0 Å². The summed E-state index contributed by atoms with van der Waals surface area (Å²) in [6.07, 6.45) is 0.432. The smallest absolute Gasteiger partial charge is 0.308 e. The van der Waals surface area contributed by atoms with E-state index in [-0.39, 0.29) is 24.3 Å². The average molecular weight is 295 g/mol. The zero-order valence-electron chi connectivity index (χ0n) is 12.0. The molecule has 1 N–H and O–H groups in total. The minimum absolute atomic E-state index is 0.0324. The Morgan fingerprint density at radius 1 is 1.48 bits per heavy atom. The highest BCUT2D eigenvalue weighted by Gasteiger charge is 2.38. The van der Waals surface area contributed by atoms with Gasteiger partial charge in [0.15, 0.2) is 18.2 Å². The Balaban J connectivity index is 1.96. The maximum atomic E-state index is 13.5. The molecule has 0 aliphatic carbocycles. The van der Waals surface area contributed by atoms with E-state index in [1.165, 1.54) is 17.0 Å². The Labute approximate surface area is 122 Å². The van der Waals surface area contributed by atoms with Crippen molar-refractivity contribution in [3.8, 4) is 5.75 Å². The van der Waals surface area contributed by atoms with E-state index >= 15 is 0 Å². The van der Waals surface area contributed by atoms with E-state index in [1.807, 2.05) is 0 Å². The maximum absolute atomic E-state index is 13.5. The van der Waals surface area contributed by atoms with E-state index in [2.05, 4.69) is 0 Å². The summed E-state index contributed by atoms with van der Waals surface area (Å²) in [6, 6.07) is 4.05. The molecule has 1 aliphatic heterocycles. The van der Waals surface area contributed by atoms with Crippen LogP contribution < -0.4 is 4.74 Å². The van der Waals surface area contributed by atoms with Crippen LogP contribution in [0.4, 0.5) is 4.39 Å². The number of aliphatic carboxylic acids is 1. The molecule has 0 saturated carbocycles. The predicted octanol–water partition coefficient (Wildman–Crippen LogP) is 1.83. The fraction of sp³-hybridized carbons (Fsp3) is 0.467. The second kappa shape index (κ2) is 6.11. The van der Waals surface area contributed by atoms with Crippen molar-refractivity contribution in [2.24, 2.45) is 5.92 Å². The molecule has 1 amide bonds. The predicted molar refractivity (Wildman–Crippen MR) is 73.5 cm³/mol. The molecule has 2 atom stereocenters. The van der Waals surface area contributed by atoms with Crippen molar-refractivity contribution in [2.75, 3.05) is 13.2 Å². The molecular formula is C15H18FNO4. The van der Waals surface area contributed by atoms with E-state index in [4.69, 9.17) is 9.84 Å². The van der Waals surface area contributed by atoms with Crippen molar-refractivity contribution in [2.45, 2.75) is 26.3 Å². The number of carboxylic acids is 1. The lowest BCUT2D eigenvalue weighted by atomic mass is 10.0. The van der Waals surface area contributed by atoms with Gasteiger partial charge in [0.05, 0.1) is 5.92 Å². The number of carbonyl (C=O) groups is 2. The Morgan fingerprint density at radius 2 is 2.19 bits per heavy atom. The molecular weight excluding hydrogens is 277 g/mol. The van der Waals surface area contributed by atoms with Crippen molar-refractivity contribution in [3.05, 3.63) is 29.6 Å². The molecule has 1 aromatic carbocycles. The normalized spacial score (nSPS) is 21.4. The monoisotopic (exact) mass is 295 g/mol. The summed E-state index contributed by atoms with van der Waals surface area (Å²) in [5, 5.41) is 9.04. The largest absolute Gasteiger partial charge is 0.481 e. The first-order valence-corrected chi connectivity index (χ1v) is 6.81. The Kier molecular flexibility index (Phi) is 4.45. The van der Waals surface area contributed by atoms with E-state index in [0.717, 1.165) is 5.56 Å². The third-order valence-electron chi connectivity index (χ3n) is 3.83. The van der Waals surface area contributed by atoms with Crippen molar-refractivity contribution >= 4 is 11.9 Å². The van der Waals surface area contributed by atoms with Gasteiger partial charge in [-0.15, -0.1) is 0 Å². The van der Waals surface area contributed by atoms with E-state index in [0.29, 0.717) is 13.0 Å². The van der Waals surface area contributed by atoms with Crippen LogP contribution in [0.15, 0.2) is 18.2 Å². The standard InChI is InChI=1S/C15H18FNO4/c1-9-3-4-12(16)13(7-9)21-8-14(18)17-6-5-11(10(17)2)15(19)20/h3-4,7,10-11H,5-6,8H2,1-2H3,(H,19,20). The highest BCUT2D eigenvalue weighted by atomic mass is 19.1. The lowest BCUT2D eigenvalue weighted by molar-refractivity contribution is -0.143. The van der Waals surface area contributed by atoms with Gasteiger partial charge in [0.2, 0.25) is 0 Å². The van der Waals surface area contributed by atoms with E-state index in [9.17, 15) is 14.0 Å². The fourth-order valence-corrected chi connectivity index (χ4v) is 2.57. The zero-order valence-corrected chi connectivity index (χ0v) is 12.0. The second-order valence-corrected chi connectivity index (χ2v) is 5.28. The summed E-state index contributed by atoms with van der Waals surface area (Å²) in [5.74, 6) is -2.27. The third-order valence-corrected chi connectivity index (χ3v) is 3.83. The summed E-state index contributed by atoms with van der Waals surface area (Å²) in [6.45, 7) is 3.60. The minimum Gasteiger partial charge on any atom is -0.481 e. The van der Waals surface area contributed by atoms with Crippen molar-refractivity contribution in [3.63, 3.8) is 0 Å². The number of nitrogens with zero attached hydrogens (tertiary/aromatic N) is 1. The summed E-state index contributed by atoms with van der Waals surface area (Å²) in [7, 11) is 0. The van der Waals surface area contributed by atoms with Crippen LogP contribution in [0.5, 0.6) is 5.75 Å². The molecule has 5 nitrogen and oxygen atoms in total. The first-order chi connectivity index (χ1) is 9.90. The number of aryl methyl sites for hydroxylation is 1. The molecule has 0 radical (unpaired) electrons. The number of hydrogen-bond donors (Lipinski definition) is 1. The molecule has 6 heteroatoms. The van der Waals surface area contributed by atoms with Crippen LogP contribution in [0.3, 0.4) is 0 Å². The Bertz CT molecular complexity index is 561. The maximum Gasteiger partial charge on any atom is 0.308 e. The van der Waals surface area contributed by atoms with Gasteiger partial charge < -0.3 is 14.7 Å². The van der Waals surface area contributed by atoms with Gasteiger partial charge in [-0.3, -0.25) is 9.59 Å². The number of carbonyl (C=O) groups excluding carboxylic acids is 1. The summed E-state index contributed by atoms with van der Waals surface area (Å²) >= 11 is 0. The van der Waals surface area contributed by atoms with E-state index in [1.54, 1.807) is 19.9 Å². The molecule has 2 rings (SSSR count). The molecule has 1 heterocycles. The zero-order chi connectivity index (χ0) is 15.6. The fourth-order valence-electron chi connectivity index (χ4n) is 2.57. The quantitative estimate of drug-likeness (QED) is 0.920. The topological polar surface area (TPSA) is 66.8 Å². The number of benzene rings is 1. The van der Waals surface area contributed by atoms with Gasteiger partial charge in [0.25, 0.3) is 5.91 Å². The molecule has 0 bridgehead atoms. The summed E-state index contributed by atoms with van der Waals surface area (Å²) in [5.41, 5.74) is 0.833. The molecule has 21 heavy (non-hydrogen) atoms. The average Bonchev–Trinajstić information content (AvgIpc) is 2.81. The van der Waals surface area contributed by atoms with Gasteiger partial charge in [-0.1, -0.05) is 6.07 Å². The van der Waals surface area contributed by atoms with Crippen LogP contribution >= 0.6 is 0 Å². The van der Waals surface area contributed by atoms with Crippen LogP contribution in [-0.2, 0) is 9.59 Å². The van der Waals surface area contributed by atoms with E-state index < -0.39 is 17.7 Å². The lowest BCUT2D eigenvalue weighted by Gasteiger charge is -2.23. The van der Waals surface area contributed by atoms with Gasteiger partial charge in [0.1, 0.15) is 0 Å². The van der Waals surface area contributed by atoms with Gasteiger partial charge >= 0.3 is 5.97 Å². The first kappa shape index (κ1) is 15.3. The molecule has 0 spiro atoms. The lowest BCUT2D eigenvalue weighted by Crippen LogP contribution is -2.40. The van der Waals surface area contributed by atoms with Crippen LogP contribution in [-0.4, -0.2) is 41.1 Å².